The molecule has 0 spiro atoms. The van der Waals surface area contributed by atoms with Gasteiger partial charge in [0.25, 0.3) is 0 Å². The Bertz CT molecular complexity index is 612. The van der Waals surface area contributed by atoms with Crippen LogP contribution in [0.1, 0.15) is 48.4 Å². The molecule has 1 aromatic heterocycles. The van der Waals surface area contributed by atoms with E-state index in [1.165, 1.54) is 37.8 Å². The molecule has 1 N–H and O–H groups in total. The van der Waals surface area contributed by atoms with Crippen LogP contribution in [-0.4, -0.2) is 15.8 Å². The van der Waals surface area contributed by atoms with Gasteiger partial charge in [0, 0.05) is 31.2 Å². The van der Waals surface area contributed by atoms with Crippen molar-refractivity contribution in [1.82, 2.24) is 15.1 Å². The van der Waals surface area contributed by atoms with Gasteiger partial charge in [-0.25, -0.2) is 0 Å². The monoisotopic (exact) mass is 281 g/mol. The molecule has 0 bridgehead atoms. The Labute approximate surface area is 126 Å². The number of rotatable bonds is 5. The van der Waals surface area contributed by atoms with Crippen LogP contribution in [0.2, 0.25) is 0 Å². The highest BCUT2D eigenvalue weighted by atomic mass is 15.3. The summed E-state index contributed by atoms with van der Waals surface area (Å²) in [7, 11) is 0. The molecule has 0 aliphatic heterocycles. The van der Waals surface area contributed by atoms with Crippen molar-refractivity contribution in [2.45, 2.75) is 57.2 Å². The van der Waals surface area contributed by atoms with E-state index >= 15 is 0 Å². The van der Waals surface area contributed by atoms with Gasteiger partial charge in [-0.05, 0) is 49.3 Å². The molecule has 0 radical (unpaired) electrons. The summed E-state index contributed by atoms with van der Waals surface area (Å²) in [5.74, 6) is 0.620. The Kier molecular flexibility index (Phi) is 3.52. The Morgan fingerprint density at radius 1 is 1.14 bits per heavy atom. The van der Waals surface area contributed by atoms with Gasteiger partial charge in [0.15, 0.2) is 0 Å². The number of hydrogen-bond acceptors (Lipinski definition) is 2. The lowest BCUT2D eigenvalue weighted by atomic mass is 9.83. The minimum absolute atomic E-state index is 0.620. The normalized spacial score (nSPS) is 21.2. The van der Waals surface area contributed by atoms with Crippen LogP contribution in [0.3, 0.4) is 0 Å². The molecular weight excluding hydrogens is 258 g/mol. The van der Waals surface area contributed by atoms with E-state index in [9.17, 15) is 0 Å². The van der Waals surface area contributed by atoms with E-state index in [-0.39, 0.29) is 0 Å². The van der Waals surface area contributed by atoms with Crippen LogP contribution < -0.4 is 5.32 Å². The van der Waals surface area contributed by atoms with Crippen LogP contribution >= 0.6 is 0 Å². The fourth-order valence-electron chi connectivity index (χ4n) is 3.46. The summed E-state index contributed by atoms with van der Waals surface area (Å²) in [5.41, 5.74) is 4.41. The average Bonchev–Trinajstić information content (AvgIpc) is 3.25. The molecule has 1 saturated carbocycles. The molecule has 2 aliphatic rings. The van der Waals surface area contributed by atoms with Crippen molar-refractivity contribution >= 4 is 0 Å². The molecular formula is C18H23N3. The molecule has 4 rings (SSSR count). The first-order valence-corrected chi connectivity index (χ1v) is 8.22. The molecule has 1 atom stereocenters. The predicted octanol–water partition coefficient (Wildman–Crippen LogP) is 3.26. The minimum Gasteiger partial charge on any atom is -0.308 e. The lowest BCUT2D eigenvalue weighted by Crippen LogP contribution is -2.21. The van der Waals surface area contributed by atoms with Gasteiger partial charge >= 0.3 is 0 Å². The summed E-state index contributed by atoms with van der Waals surface area (Å²) in [4.78, 5) is 0. The molecule has 110 valence electrons. The number of fused-ring (bicyclic) bond motifs is 1. The molecule has 3 nitrogen and oxygen atoms in total. The fourth-order valence-corrected chi connectivity index (χ4v) is 3.46. The van der Waals surface area contributed by atoms with Gasteiger partial charge < -0.3 is 5.32 Å². The van der Waals surface area contributed by atoms with Crippen molar-refractivity contribution in [3.8, 4) is 0 Å². The second-order valence-electron chi connectivity index (χ2n) is 6.45. The number of hydrogen-bond donors (Lipinski definition) is 1. The fraction of sp³-hybridized carbons (Fsp3) is 0.500. The summed E-state index contributed by atoms with van der Waals surface area (Å²) in [6, 6.07) is 11.9. The van der Waals surface area contributed by atoms with E-state index < -0.39 is 0 Å². The van der Waals surface area contributed by atoms with E-state index in [4.69, 9.17) is 0 Å². The lowest BCUT2D eigenvalue weighted by Gasteiger charge is -2.26. The third-order valence-electron chi connectivity index (χ3n) is 4.84. The zero-order valence-electron chi connectivity index (χ0n) is 12.5. The van der Waals surface area contributed by atoms with Crippen LogP contribution in [0.25, 0.3) is 0 Å². The molecule has 3 heteroatoms. The highest BCUT2D eigenvalue weighted by Crippen LogP contribution is 2.32. The van der Waals surface area contributed by atoms with Crippen molar-refractivity contribution in [2.24, 2.45) is 0 Å². The van der Waals surface area contributed by atoms with Gasteiger partial charge in [0.05, 0.1) is 5.69 Å². The molecule has 1 aromatic carbocycles. The van der Waals surface area contributed by atoms with E-state index in [1.54, 1.807) is 11.1 Å². The molecule has 0 amide bonds. The summed E-state index contributed by atoms with van der Waals surface area (Å²) >= 11 is 0. The highest BCUT2D eigenvalue weighted by Gasteiger charge is 2.23. The molecule has 0 saturated heterocycles. The van der Waals surface area contributed by atoms with Gasteiger partial charge in [-0.15, -0.1) is 0 Å². The van der Waals surface area contributed by atoms with Crippen LogP contribution in [0.15, 0.2) is 36.5 Å². The highest BCUT2D eigenvalue weighted by molar-refractivity contribution is 5.32. The number of aryl methyl sites for hydroxylation is 1. The first-order chi connectivity index (χ1) is 10.4. The first kappa shape index (κ1) is 13.1. The molecule has 2 aliphatic carbocycles. The average molecular weight is 281 g/mol. The van der Waals surface area contributed by atoms with E-state index in [0.29, 0.717) is 5.92 Å². The standard InChI is InChI=1S/C18H23N3/c1-2-7-18-14(4-1)5-3-6-15(18)13-21-17(10-11-20-21)12-19-16-8-9-16/h1-2,4,7,10-11,15-16,19H,3,5-6,8-9,12-13H2. The zero-order valence-corrected chi connectivity index (χ0v) is 12.5. The molecule has 1 heterocycles. The van der Waals surface area contributed by atoms with Crippen molar-refractivity contribution in [3.63, 3.8) is 0 Å². The summed E-state index contributed by atoms with van der Waals surface area (Å²) in [6.45, 7) is 1.98. The summed E-state index contributed by atoms with van der Waals surface area (Å²) in [5, 5.41) is 8.15. The smallest absolute Gasteiger partial charge is 0.0522 e. The third-order valence-corrected chi connectivity index (χ3v) is 4.84. The second-order valence-corrected chi connectivity index (χ2v) is 6.45. The van der Waals surface area contributed by atoms with Crippen molar-refractivity contribution in [3.05, 3.63) is 53.3 Å². The summed E-state index contributed by atoms with van der Waals surface area (Å²) < 4.78 is 2.21. The van der Waals surface area contributed by atoms with Gasteiger partial charge in [0.2, 0.25) is 0 Å². The Morgan fingerprint density at radius 3 is 2.95 bits per heavy atom. The maximum Gasteiger partial charge on any atom is 0.0522 e. The number of aromatic nitrogens is 2. The maximum absolute atomic E-state index is 4.56. The van der Waals surface area contributed by atoms with Gasteiger partial charge in [-0.1, -0.05) is 24.3 Å². The third kappa shape index (κ3) is 2.88. The van der Waals surface area contributed by atoms with Crippen LogP contribution in [0.4, 0.5) is 0 Å². The van der Waals surface area contributed by atoms with Crippen LogP contribution in [0, 0.1) is 0 Å². The largest absolute Gasteiger partial charge is 0.308 e. The lowest BCUT2D eigenvalue weighted by molar-refractivity contribution is 0.442. The minimum atomic E-state index is 0.620. The molecule has 2 aromatic rings. The topological polar surface area (TPSA) is 29.9 Å². The SMILES string of the molecule is c1ccc2c(c1)CCCC2Cn1nccc1CNC1CC1. The van der Waals surface area contributed by atoms with E-state index in [0.717, 1.165) is 19.1 Å². The maximum atomic E-state index is 4.56. The Balaban J connectivity index is 1.50. The quantitative estimate of drug-likeness (QED) is 0.911. The molecule has 21 heavy (non-hydrogen) atoms. The van der Waals surface area contributed by atoms with Crippen LogP contribution in [-0.2, 0) is 19.5 Å². The van der Waals surface area contributed by atoms with E-state index in [2.05, 4.69) is 45.4 Å². The Morgan fingerprint density at radius 2 is 2.05 bits per heavy atom. The van der Waals surface area contributed by atoms with Crippen molar-refractivity contribution in [2.75, 3.05) is 0 Å². The molecule has 1 unspecified atom stereocenters. The first-order valence-electron chi connectivity index (χ1n) is 8.22. The van der Waals surface area contributed by atoms with Crippen LogP contribution in [0.5, 0.6) is 0 Å². The Hall–Kier alpha value is -1.61. The summed E-state index contributed by atoms with van der Waals surface area (Å²) in [6.07, 6.45) is 8.44. The predicted molar refractivity (Wildman–Crippen MR) is 84.2 cm³/mol. The van der Waals surface area contributed by atoms with E-state index in [1.807, 2.05) is 6.20 Å². The van der Waals surface area contributed by atoms with Gasteiger partial charge in [-0.3, -0.25) is 4.68 Å². The zero-order chi connectivity index (χ0) is 14.1. The number of nitrogens with one attached hydrogen (secondary N) is 1. The van der Waals surface area contributed by atoms with Crippen molar-refractivity contribution in [1.29, 1.82) is 0 Å². The second kappa shape index (κ2) is 5.64. The molecule has 1 fully saturated rings. The van der Waals surface area contributed by atoms with Crippen molar-refractivity contribution < 1.29 is 0 Å². The van der Waals surface area contributed by atoms with Gasteiger partial charge in [-0.2, -0.15) is 5.10 Å². The number of benzene rings is 1. The number of nitrogens with zero attached hydrogens (tertiary/aromatic N) is 2. The van der Waals surface area contributed by atoms with Gasteiger partial charge in [0.1, 0.15) is 0 Å².